The Morgan fingerprint density at radius 3 is 2.47 bits per heavy atom. The molecule has 0 aliphatic rings. The highest BCUT2D eigenvalue weighted by Crippen LogP contribution is 2.19. The molecule has 0 spiro atoms. The van der Waals surface area contributed by atoms with Crippen molar-refractivity contribution in [3.63, 3.8) is 0 Å². The maximum Gasteiger partial charge on any atom is 0.252 e. The summed E-state index contributed by atoms with van der Waals surface area (Å²) in [6.07, 6.45) is 1.70. The quantitative estimate of drug-likeness (QED) is 0.897. The SMILES string of the molecule is N=c1c(C(N)=O)cccn1Cc1cc(Cl)cc(Cl)c1. The van der Waals surface area contributed by atoms with Crippen LogP contribution in [0.2, 0.25) is 10.0 Å². The van der Waals surface area contributed by atoms with Gasteiger partial charge in [0.15, 0.2) is 0 Å². The van der Waals surface area contributed by atoms with E-state index < -0.39 is 5.91 Å². The van der Waals surface area contributed by atoms with E-state index >= 15 is 0 Å². The maximum atomic E-state index is 11.2. The number of nitrogens with one attached hydrogen (secondary N) is 1. The molecule has 4 nitrogen and oxygen atoms in total. The lowest BCUT2D eigenvalue weighted by Gasteiger charge is -2.09. The van der Waals surface area contributed by atoms with Crippen molar-refractivity contribution >= 4 is 29.1 Å². The molecule has 0 bridgehead atoms. The first kappa shape index (κ1) is 13.6. The number of nitrogens with zero attached hydrogens (tertiary/aromatic N) is 1. The second-order valence-electron chi connectivity index (χ2n) is 4.04. The van der Waals surface area contributed by atoms with E-state index in [1.807, 2.05) is 0 Å². The van der Waals surface area contributed by atoms with Gasteiger partial charge in [0, 0.05) is 22.8 Å². The van der Waals surface area contributed by atoms with Gasteiger partial charge >= 0.3 is 0 Å². The van der Waals surface area contributed by atoms with Crippen molar-refractivity contribution in [2.75, 3.05) is 0 Å². The van der Waals surface area contributed by atoms with Crippen LogP contribution in [-0.4, -0.2) is 10.5 Å². The monoisotopic (exact) mass is 295 g/mol. The van der Waals surface area contributed by atoms with E-state index in [0.29, 0.717) is 16.6 Å². The van der Waals surface area contributed by atoms with E-state index in [1.54, 1.807) is 35.0 Å². The molecular weight excluding hydrogens is 285 g/mol. The van der Waals surface area contributed by atoms with Gasteiger partial charge in [-0.2, -0.15) is 0 Å². The first-order valence-electron chi connectivity index (χ1n) is 5.46. The zero-order valence-corrected chi connectivity index (χ0v) is 11.4. The van der Waals surface area contributed by atoms with Crippen molar-refractivity contribution in [1.29, 1.82) is 5.41 Å². The topological polar surface area (TPSA) is 71.9 Å². The molecule has 19 heavy (non-hydrogen) atoms. The minimum Gasteiger partial charge on any atom is -0.365 e. The predicted octanol–water partition coefficient (Wildman–Crippen LogP) is 2.42. The molecule has 0 aliphatic carbocycles. The molecule has 2 aromatic rings. The number of hydrogen-bond acceptors (Lipinski definition) is 2. The Labute approximate surface area is 119 Å². The van der Waals surface area contributed by atoms with Crippen molar-refractivity contribution in [2.45, 2.75) is 6.54 Å². The van der Waals surface area contributed by atoms with Gasteiger partial charge in [-0.05, 0) is 35.9 Å². The fourth-order valence-electron chi connectivity index (χ4n) is 1.78. The smallest absolute Gasteiger partial charge is 0.252 e. The molecule has 0 saturated heterocycles. The van der Waals surface area contributed by atoms with Crippen LogP contribution in [0.15, 0.2) is 36.5 Å². The van der Waals surface area contributed by atoms with Crippen molar-refractivity contribution in [3.05, 3.63) is 63.2 Å². The summed E-state index contributed by atoms with van der Waals surface area (Å²) in [5.41, 5.74) is 6.29. The lowest BCUT2D eigenvalue weighted by molar-refractivity contribution is 0.0998. The molecule has 0 radical (unpaired) electrons. The van der Waals surface area contributed by atoms with E-state index in [4.69, 9.17) is 34.3 Å². The Morgan fingerprint density at radius 2 is 1.89 bits per heavy atom. The number of carbonyl (C=O) groups is 1. The zero-order valence-electron chi connectivity index (χ0n) is 9.86. The van der Waals surface area contributed by atoms with E-state index in [1.165, 1.54) is 6.07 Å². The van der Waals surface area contributed by atoms with Gasteiger partial charge in [-0.25, -0.2) is 0 Å². The summed E-state index contributed by atoms with van der Waals surface area (Å²) in [5.74, 6) is -0.622. The molecule has 0 unspecified atom stereocenters. The van der Waals surface area contributed by atoms with Gasteiger partial charge < -0.3 is 10.3 Å². The van der Waals surface area contributed by atoms with Gasteiger partial charge in [0.2, 0.25) is 0 Å². The van der Waals surface area contributed by atoms with E-state index in [2.05, 4.69) is 0 Å². The summed E-state index contributed by atoms with van der Waals surface area (Å²) in [6.45, 7) is 0.389. The minimum absolute atomic E-state index is 0.0612. The van der Waals surface area contributed by atoms with Crippen LogP contribution in [-0.2, 0) is 6.54 Å². The average molecular weight is 296 g/mol. The number of benzene rings is 1. The van der Waals surface area contributed by atoms with Gasteiger partial charge in [-0.15, -0.1) is 0 Å². The van der Waals surface area contributed by atoms with Crippen LogP contribution in [0.3, 0.4) is 0 Å². The summed E-state index contributed by atoms with van der Waals surface area (Å²) in [4.78, 5) is 11.2. The highest BCUT2D eigenvalue weighted by Gasteiger charge is 2.06. The number of pyridine rings is 1. The van der Waals surface area contributed by atoms with Crippen LogP contribution in [0.4, 0.5) is 0 Å². The van der Waals surface area contributed by atoms with Crippen molar-refractivity contribution in [3.8, 4) is 0 Å². The highest BCUT2D eigenvalue weighted by atomic mass is 35.5. The highest BCUT2D eigenvalue weighted by molar-refractivity contribution is 6.34. The number of halogens is 2. The molecular formula is C13H11Cl2N3O. The zero-order chi connectivity index (χ0) is 14.0. The third-order valence-corrected chi connectivity index (χ3v) is 3.05. The molecule has 0 aliphatic heterocycles. The van der Waals surface area contributed by atoms with E-state index in [-0.39, 0.29) is 11.1 Å². The fraction of sp³-hybridized carbons (Fsp3) is 0.0769. The van der Waals surface area contributed by atoms with Crippen molar-refractivity contribution < 1.29 is 4.79 Å². The van der Waals surface area contributed by atoms with Crippen LogP contribution in [0.5, 0.6) is 0 Å². The number of primary amides is 1. The van der Waals surface area contributed by atoms with Gasteiger partial charge in [0.1, 0.15) is 5.49 Å². The lowest BCUT2D eigenvalue weighted by Crippen LogP contribution is -2.29. The Balaban J connectivity index is 2.41. The summed E-state index contributed by atoms with van der Waals surface area (Å²) >= 11 is 11.8. The molecule has 98 valence electrons. The molecule has 1 aromatic heterocycles. The third-order valence-electron chi connectivity index (χ3n) is 2.61. The molecule has 1 amide bonds. The number of aromatic nitrogens is 1. The van der Waals surface area contributed by atoms with Crippen LogP contribution in [0, 0.1) is 5.41 Å². The largest absolute Gasteiger partial charge is 0.365 e. The number of nitrogens with two attached hydrogens (primary N) is 1. The molecule has 2 rings (SSSR count). The lowest BCUT2D eigenvalue weighted by atomic mass is 10.2. The Bertz CT molecular complexity index is 674. The Hall–Kier alpha value is -1.78. The summed E-state index contributed by atoms with van der Waals surface area (Å²) in [7, 11) is 0. The second-order valence-corrected chi connectivity index (χ2v) is 4.91. The second kappa shape index (κ2) is 5.47. The van der Waals surface area contributed by atoms with Gasteiger partial charge in [0.25, 0.3) is 5.91 Å². The van der Waals surface area contributed by atoms with Crippen LogP contribution in [0.25, 0.3) is 0 Å². The molecule has 6 heteroatoms. The number of carbonyl (C=O) groups excluding carboxylic acids is 1. The first-order chi connectivity index (χ1) is 8.97. The van der Waals surface area contributed by atoms with Gasteiger partial charge in [-0.3, -0.25) is 10.2 Å². The average Bonchev–Trinajstić information content (AvgIpc) is 2.30. The maximum absolute atomic E-state index is 11.2. The van der Waals surface area contributed by atoms with Gasteiger partial charge in [0.05, 0.1) is 5.56 Å². The molecule has 1 heterocycles. The summed E-state index contributed by atoms with van der Waals surface area (Å²) in [6, 6.07) is 8.35. The first-order valence-corrected chi connectivity index (χ1v) is 6.22. The number of hydrogen-bond donors (Lipinski definition) is 2. The Morgan fingerprint density at radius 1 is 1.26 bits per heavy atom. The van der Waals surface area contributed by atoms with Crippen molar-refractivity contribution in [1.82, 2.24) is 4.57 Å². The normalized spacial score (nSPS) is 10.4. The summed E-state index contributed by atoms with van der Waals surface area (Å²) < 4.78 is 1.60. The van der Waals surface area contributed by atoms with Crippen molar-refractivity contribution in [2.24, 2.45) is 5.73 Å². The van der Waals surface area contributed by atoms with Crippen LogP contribution >= 0.6 is 23.2 Å². The Kier molecular flexibility index (Phi) is 3.93. The summed E-state index contributed by atoms with van der Waals surface area (Å²) in [5, 5.41) is 8.99. The van der Waals surface area contributed by atoms with E-state index in [0.717, 1.165) is 5.56 Å². The van der Waals surface area contributed by atoms with Gasteiger partial charge in [-0.1, -0.05) is 23.2 Å². The number of amides is 1. The molecule has 0 saturated carbocycles. The fourth-order valence-corrected chi connectivity index (χ4v) is 2.35. The molecule has 0 fully saturated rings. The van der Waals surface area contributed by atoms with Crippen LogP contribution < -0.4 is 11.2 Å². The molecule has 3 N–H and O–H groups in total. The predicted molar refractivity (Wildman–Crippen MR) is 74.4 cm³/mol. The van der Waals surface area contributed by atoms with Crippen LogP contribution in [0.1, 0.15) is 15.9 Å². The molecule has 0 atom stereocenters. The molecule has 1 aromatic carbocycles. The minimum atomic E-state index is -0.622. The number of rotatable bonds is 3. The van der Waals surface area contributed by atoms with E-state index in [9.17, 15) is 4.79 Å². The third kappa shape index (κ3) is 3.16. The standard InChI is InChI=1S/C13H11Cl2N3O/c14-9-4-8(5-10(15)6-9)7-18-3-1-2-11(12(18)16)13(17)19/h1-6,16H,7H2,(H2,17,19).